The molecule has 1 amide bonds. The van der Waals surface area contributed by atoms with Crippen molar-refractivity contribution in [2.45, 2.75) is 6.73 Å². The highest BCUT2D eigenvalue weighted by Gasteiger charge is 2.18. The minimum Gasteiger partial charge on any atom is -0.470 e. The van der Waals surface area contributed by atoms with E-state index in [0.717, 1.165) is 9.17 Å². The molecule has 0 aliphatic heterocycles. The molecule has 2 heterocycles. The topological polar surface area (TPSA) is 82.5 Å². The summed E-state index contributed by atoms with van der Waals surface area (Å²) in [5, 5.41) is 8.53. The molecule has 4 rings (SSSR count). The third-order valence-electron chi connectivity index (χ3n) is 4.38. The lowest BCUT2D eigenvalue weighted by atomic mass is 10.2. The molecule has 0 saturated carbocycles. The number of benzene rings is 2. The Labute approximate surface area is 205 Å². The van der Waals surface area contributed by atoms with Crippen molar-refractivity contribution in [2.24, 2.45) is 0 Å². The molecule has 2 aromatic heterocycles. The molecule has 7 nitrogen and oxygen atoms in total. The van der Waals surface area contributed by atoms with Gasteiger partial charge in [-0.1, -0.05) is 39.1 Å². The molecule has 0 aliphatic rings. The number of nitrogens with one attached hydrogen (secondary N) is 1. The van der Waals surface area contributed by atoms with E-state index in [9.17, 15) is 9.59 Å². The lowest BCUT2D eigenvalue weighted by Gasteiger charge is -2.08. The highest BCUT2D eigenvalue weighted by Crippen LogP contribution is 2.37. The van der Waals surface area contributed by atoms with Gasteiger partial charge in [-0.15, -0.1) is 11.3 Å². The van der Waals surface area contributed by atoms with Crippen molar-refractivity contribution >= 4 is 78.1 Å². The van der Waals surface area contributed by atoms with Gasteiger partial charge in [-0.2, -0.15) is 5.10 Å². The van der Waals surface area contributed by atoms with Crippen LogP contribution in [0.2, 0.25) is 10.0 Å². The average Bonchev–Trinajstić information content (AvgIpc) is 3.37. The summed E-state index contributed by atoms with van der Waals surface area (Å²) in [4.78, 5) is 24.8. The van der Waals surface area contributed by atoms with Crippen LogP contribution in [0.5, 0.6) is 5.75 Å². The fraction of sp³-hybridized carbons (Fsp3) is 0.0952. The quantitative estimate of drug-likeness (QED) is 0.285. The molecule has 2 aromatic carbocycles. The number of halogens is 3. The predicted molar refractivity (Wildman–Crippen MR) is 128 cm³/mol. The Morgan fingerprint density at radius 1 is 1.19 bits per heavy atom. The van der Waals surface area contributed by atoms with Crippen LogP contribution in [0.4, 0.5) is 5.69 Å². The second-order valence-electron chi connectivity index (χ2n) is 6.49. The molecular weight excluding hydrogens is 541 g/mol. The first-order valence-electron chi connectivity index (χ1n) is 9.08. The Kier molecular flexibility index (Phi) is 6.71. The van der Waals surface area contributed by atoms with Crippen molar-refractivity contribution in [2.75, 3.05) is 12.4 Å². The minimum atomic E-state index is -0.501. The Morgan fingerprint density at radius 3 is 2.75 bits per heavy atom. The van der Waals surface area contributed by atoms with Crippen LogP contribution in [-0.4, -0.2) is 28.8 Å². The molecule has 0 unspecified atom stereocenters. The van der Waals surface area contributed by atoms with Crippen molar-refractivity contribution in [1.82, 2.24) is 9.78 Å². The van der Waals surface area contributed by atoms with Gasteiger partial charge in [0.1, 0.15) is 10.6 Å². The van der Waals surface area contributed by atoms with E-state index in [-0.39, 0.29) is 18.3 Å². The van der Waals surface area contributed by atoms with Crippen LogP contribution in [0.3, 0.4) is 0 Å². The number of anilines is 1. The number of nitrogens with zero attached hydrogens (tertiary/aromatic N) is 2. The number of rotatable bonds is 6. The summed E-state index contributed by atoms with van der Waals surface area (Å²) in [6.07, 6.45) is 1.63. The van der Waals surface area contributed by atoms with Crippen LogP contribution >= 0.6 is 50.5 Å². The number of hydrogen-bond donors (Lipinski definition) is 1. The summed E-state index contributed by atoms with van der Waals surface area (Å²) in [5.74, 6) is -0.384. The Bertz CT molecular complexity index is 1340. The smallest absolute Gasteiger partial charge is 0.349 e. The first-order chi connectivity index (χ1) is 15.4. The van der Waals surface area contributed by atoms with Gasteiger partial charge in [0.2, 0.25) is 0 Å². The zero-order chi connectivity index (χ0) is 22.8. The van der Waals surface area contributed by atoms with Crippen LogP contribution in [-0.2, 0) is 11.5 Å². The maximum atomic E-state index is 12.6. The molecule has 11 heteroatoms. The highest BCUT2D eigenvalue weighted by atomic mass is 79.9. The van der Waals surface area contributed by atoms with E-state index in [1.165, 1.54) is 23.1 Å². The molecule has 0 atom stereocenters. The number of methoxy groups -OCH3 is 1. The average molecular weight is 555 g/mol. The summed E-state index contributed by atoms with van der Waals surface area (Å²) >= 11 is 16.9. The van der Waals surface area contributed by atoms with Crippen LogP contribution in [0.25, 0.3) is 10.1 Å². The van der Waals surface area contributed by atoms with Gasteiger partial charge in [0, 0.05) is 26.4 Å². The molecule has 32 heavy (non-hydrogen) atoms. The second kappa shape index (κ2) is 9.50. The second-order valence-corrected chi connectivity index (χ2v) is 9.24. The number of aromatic nitrogens is 2. The van der Waals surface area contributed by atoms with Crippen molar-refractivity contribution in [3.05, 3.63) is 73.8 Å². The number of esters is 1. The standard InChI is InChI=1S/C21H14BrCl2N3O4S/c1-30-21(29)19-18(24)13-4-3-12(9-17(13)32-19)25-20(28)15-6-7-27(26-15)10-31-16-5-2-11(22)8-14(16)23/h2-9H,10H2,1H3,(H,25,28). The number of hydrogen-bond acceptors (Lipinski definition) is 6. The Balaban J connectivity index is 1.44. The Morgan fingerprint density at radius 2 is 2.00 bits per heavy atom. The molecule has 0 saturated heterocycles. The van der Waals surface area contributed by atoms with Crippen LogP contribution in [0, 0.1) is 0 Å². The van der Waals surface area contributed by atoms with Crippen molar-refractivity contribution in [3.63, 3.8) is 0 Å². The molecule has 164 valence electrons. The third kappa shape index (κ3) is 4.75. The molecule has 4 aromatic rings. The van der Waals surface area contributed by atoms with Crippen molar-refractivity contribution < 1.29 is 19.1 Å². The van der Waals surface area contributed by atoms with Gasteiger partial charge in [-0.3, -0.25) is 4.79 Å². The zero-order valence-electron chi connectivity index (χ0n) is 16.4. The fourth-order valence-electron chi connectivity index (χ4n) is 2.84. The van der Waals surface area contributed by atoms with Gasteiger partial charge < -0.3 is 14.8 Å². The lowest BCUT2D eigenvalue weighted by molar-refractivity contribution is 0.0606. The summed E-state index contributed by atoms with van der Waals surface area (Å²) in [7, 11) is 1.30. The summed E-state index contributed by atoms with van der Waals surface area (Å²) in [5.41, 5.74) is 0.763. The van der Waals surface area contributed by atoms with Gasteiger partial charge in [-0.25, -0.2) is 9.48 Å². The van der Waals surface area contributed by atoms with Gasteiger partial charge in [0.15, 0.2) is 12.4 Å². The van der Waals surface area contributed by atoms with Crippen LogP contribution < -0.4 is 10.1 Å². The van der Waals surface area contributed by atoms with Gasteiger partial charge in [0.25, 0.3) is 5.91 Å². The normalized spacial score (nSPS) is 10.9. The maximum absolute atomic E-state index is 12.6. The molecule has 0 fully saturated rings. The SMILES string of the molecule is COC(=O)c1sc2cc(NC(=O)c3ccn(COc4ccc(Br)cc4Cl)n3)ccc2c1Cl. The maximum Gasteiger partial charge on any atom is 0.349 e. The molecule has 0 aliphatic carbocycles. The largest absolute Gasteiger partial charge is 0.470 e. The number of amides is 1. The van der Waals surface area contributed by atoms with Crippen molar-refractivity contribution in [3.8, 4) is 5.75 Å². The van der Waals surface area contributed by atoms with E-state index >= 15 is 0 Å². The summed E-state index contributed by atoms with van der Waals surface area (Å²) < 4.78 is 13.5. The molecule has 0 spiro atoms. The number of ether oxygens (including phenoxy) is 2. The number of fused-ring (bicyclic) bond motifs is 1. The van der Waals surface area contributed by atoms with E-state index in [2.05, 4.69) is 26.3 Å². The first kappa shape index (κ1) is 22.6. The minimum absolute atomic E-state index is 0.0879. The third-order valence-corrected chi connectivity index (χ3v) is 6.80. The summed E-state index contributed by atoms with van der Waals surface area (Å²) in [6.45, 7) is 0.0879. The molecule has 1 N–H and O–H groups in total. The van der Waals surface area contributed by atoms with E-state index in [0.29, 0.717) is 31.7 Å². The summed E-state index contributed by atoms with van der Waals surface area (Å²) in [6, 6.07) is 12.0. The lowest BCUT2D eigenvalue weighted by Crippen LogP contribution is -2.14. The molecule has 0 radical (unpaired) electrons. The monoisotopic (exact) mass is 553 g/mol. The molecule has 0 bridgehead atoms. The first-order valence-corrected chi connectivity index (χ1v) is 11.5. The van der Waals surface area contributed by atoms with Gasteiger partial charge in [-0.05, 0) is 42.5 Å². The number of carbonyl (C=O) groups is 2. The molecular formula is C21H14BrCl2N3O4S. The predicted octanol–water partition coefficient (Wildman–Crippen LogP) is 6.24. The zero-order valence-corrected chi connectivity index (χ0v) is 20.3. The van der Waals surface area contributed by atoms with Gasteiger partial charge >= 0.3 is 5.97 Å². The van der Waals surface area contributed by atoms with E-state index in [1.807, 2.05) is 6.07 Å². The van der Waals surface area contributed by atoms with E-state index < -0.39 is 5.97 Å². The van der Waals surface area contributed by atoms with Crippen molar-refractivity contribution in [1.29, 1.82) is 0 Å². The highest BCUT2D eigenvalue weighted by molar-refractivity contribution is 9.10. The van der Waals surface area contributed by atoms with E-state index in [4.69, 9.17) is 32.7 Å². The van der Waals surface area contributed by atoms with Crippen LogP contribution in [0.1, 0.15) is 20.2 Å². The van der Waals surface area contributed by atoms with Gasteiger partial charge in [0.05, 0.1) is 17.2 Å². The van der Waals surface area contributed by atoms with Crippen LogP contribution in [0.15, 0.2) is 53.1 Å². The number of thiophene rings is 1. The Hall–Kier alpha value is -2.59. The fourth-order valence-corrected chi connectivity index (χ4v) is 5.04. The van der Waals surface area contributed by atoms with E-state index in [1.54, 1.807) is 42.6 Å². The number of carbonyl (C=O) groups excluding carboxylic acids is 2.